The molecule has 0 unspecified atom stereocenters. The SMILES string of the molecule is CCCc1cc(CN(OCc2ccc(C#N)cc2)c2ccccc2)on1. The van der Waals surface area contributed by atoms with Gasteiger partial charge in [0.25, 0.3) is 0 Å². The number of hydrogen-bond acceptors (Lipinski definition) is 5. The minimum atomic E-state index is 0.399. The van der Waals surface area contributed by atoms with Crippen molar-refractivity contribution in [1.82, 2.24) is 5.16 Å². The van der Waals surface area contributed by atoms with Crippen LogP contribution < -0.4 is 5.06 Å². The number of hydroxylamine groups is 1. The van der Waals surface area contributed by atoms with E-state index >= 15 is 0 Å². The lowest BCUT2D eigenvalue weighted by Gasteiger charge is -2.22. The van der Waals surface area contributed by atoms with Gasteiger partial charge in [0.1, 0.15) is 6.54 Å². The van der Waals surface area contributed by atoms with E-state index in [4.69, 9.17) is 14.6 Å². The summed E-state index contributed by atoms with van der Waals surface area (Å²) in [5.74, 6) is 0.761. The molecule has 0 aliphatic heterocycles. The number of anilines is 1. The highest BCUT2D eigenvalue weighted by molar-refractivity contribution is 5.43. The van der Waals surface area contributed by atoms with Crippen LogP contribution in [0.25, 0.3) is 0 Å². The molecule has 0 amide bonds. The zero-order valence-corrected chi connectivity index (χ0v) is 14.8. The van der Waals surface area contributed by atoms with Gasteiger partial charge in [0, 0.05) is 6.07 Å². The minimum Gasteiger partial charge on any atom is -0.359 e. The van der Waals surface area contributed by atoms with Crippen molar-refractivity contribution in [1.29, 1.82) is 5.26 Å². The molecule has 1 aromatic heterocycles. The number of nitrogens with zero attached hydrogens (tertiary/aromatic N) is 3. The Labute approximate surface area is 153 Å². The molecular formula is C21H21N3O2. The third-order valence-corrected chi connectivity index (χ3v) is 3.93. The smallest absolute Gasteiger partial charge is 0.158 e. The van der Waals surface area contributed by atoms with Crippen molar-refractivity contribution in [3.63, 3.8) is 0 Å². The Bertz CT molecular complexity index is 851. The number of rotatable bonds is 8. The van der Waals surface area contributed by atoms with Crippen LogP contribution in [-0.2, 0) is 24.4 Å². The number of aromatic nitrogens is 1. The van der Waals surface area contributed by atoms with Gasteiger partial charge in [-0.25, -0.2) is 5.06 Å². The summed E-state index contributed by atoms with van der Waals surface area (Å²) in [5, 5.41) is 14.8. The van der Waals surface area contributed by atoms with Gasteiger partial charge in [0.15, 0.2) is 5.76 Å². The van der Waals surface area contributed by atoms with Crippen LogP contribution in [0.2, 0.25) is 0 Å². The number of hydrogen-bond donors (Lipinski definition) is 0. The molecule has 0 saturated carbocycles. The first kappa shape index (κ1) is 17.7. The van der Waals surface area contributed by atoms with E-state index in [1.54, 1.807) is 17.2 Å². The second kappa shape index (κ2) is 8.84. The highest BCUT2D eigenvalue weighted by Gasteiger charge is 2.12. The van der Waals surface area contributed by atoms with E-state index in [-0.39, 0.29) is 0 Å². The van der Waals surface area contributed by atoms with Gasteiger partial charge in [-0.2, -0.15) is 5.26 Å². The van der Waals surface area contributed by atoms with Crippen molar-refractivity contribution in [2.24, 2.45) is 0 Å². The summed E-state index contributed by atoms with van der Waals surface area (Å²) in [7, 11) is 0. The Hall–Kier alpha value is -3.10. The van der Waals surface area contributed by atoms with Crippen molar-refractivity contribution >= 4 is 5.69 Å². The first-order chi connectivity index (χ1) is 12.8. The fourth-order valence-corrected chi connectivity index (χ4v) is 2.58. The fourth-order valence-electron chi connectivity index (χ4n) is 2.58. The maximum absolute atomic E-state index is 8.89. The van der Waals surface area contributed by atoms with Crippen molar-refractivity contribution in [3.05, 3.63) is 83.2 Å². The van der Waals surface area contributed by atoms with E-state index in [2.05, 4.69) is 18.1 Å². The molecule has 3 aromatic rings. The lowest BCUT2D eigenvalue weighted by atomic mass is 10.2. The summed E-state index contributed by atoms with van der Waals surface area (Å²) in [5.41, 5.74) is 3.53. The number of nitriles is 1. The topological polar surface area (TPSA) is 62.3 Å². The van der Waals surface area contributed by atoms with E-state index in [1.165, 1.54) is 0 Å². The second-order valence-corrected chi connectivity index (χ2v) is 5.99. The summed E-state index contributed by atoms with van der Waals surface area (Å²) in [4.78, 5) is 6.02. The molecule has 0 saturated heterocycles. The van der Waals surface area contributed by atoms with Gasteiger partial charge in [0.2, 0.25) is 0 Å². The van der Waals surface area contributed by atoms with Gasteiger partial charge >= 0.3 is 0 Å². The summed E-state index contributed by atoms with van der Waals surface area (Å²) in [6.07, 6.45) is 1.94. The highest BCUT2D eigenvalue weighted by Crippen LogP contribution is 2.19. The summed E-state index contributed by atoms with van der Waals surface area (Å²) in [6.45, 7) is 2.99. The lowest BCUT2D eigenvalue weighted by molar-refractivity contribution is 0.0863. The molecule has 0 N–H and O–H groups in total. The Kier molecular flexibility index (Phi) is 6.02. The molecule has 0 fully saturated rings. The summed E-state index contributed by atoms with van der Waals surface area (Å²) < 4.78 is 5.44. The molecule has 3 rings (SSSR count). The molecule has 0 aliphatic rings. The lowest BCUT2D eigenvalue weighted by Crippen LogP contribution is -2.22. The Balaban J connectivity index is 1.71. The summed E-state index contributed by atoms with van der Waals surface area (Å²) in [6, 6.07) is 21.4. The number of aryl methyl sites for hydroxylation is 1. The molecular weight excluding hydrogens is 326 g/mol. The Morgan fingerprint density at radius 3 is 2.58 bits per heavy atom. The average Bonchev–Trinajstić information content (AvgIpc) is 3.13. The van der Waals surface area contributed by atoms with Crippen molar-refractivity contribution in [2.45, 2.75) is 32.9 Å². The molecule has 26 heavy (non-hydrogen) atoms. The van der Waals surface area contributed by atoms with Crippen molar-refractivity contribution in [3.8, 4) is 6.07 Å². The second-order valence-electron chi connectivity index (χ2n) is 5.99. The van der Waals surface area contributed by atoms with Crippen LogP contribution in [0.15, 0.2) is 65.2 Å². The van der Waals surface area contributed by atoms with Gasteiger partial charge in [-0.3, -0.25) is 4.84 Å². The van der Waals surface area contributed by atoms with Crippen molar-refractivity contribution < 1.29 is 9.36 Å². The summed E-state index contributed by atoms with van der Waals surface area (Å²) >= 11 is 0. The predicted octanol–water partition coefficient (Wildman–Crippen LogP) is 4.64. The van der Waals surface area contributed by atoms with E-state index in [0.29, 0.717) is 18.7 Å². The maximum Gasteiger partial charge on any atom is 0.158 e. The van der Waals surface area contributed by atoms with E-state index < -0.39 is 0 Å². The third-order valence-electron chi connectivity index (χ3n) is 3.93. The Morgan fingerprint density at radius 1 is 1.12 bits per heavy atom. The molecule has 0 aliphatic carbocycles. The number of benzene rings is 2. The van der Waals surface area contributed by atoms with E-state index in [9.17, 15) is 0 Å². The van der Waals surface area contributed by atoms with Crippen molar-refractivity contribution in [2.75, 3.05) is 5.06 Å². The molecule has 5 heteroatoms. The quantitative estimate of drug-likeness (QED) is 0.556. The van der Waals surface area contributed by atoms with Gasteiger partial charge < -0.3 is 4.52 Å². The fraction of sp³-hybridized carbons (Fsp3) is 0.238. The standard InChI is InChI=1S/C21H21N3O2/c1-2-6-19-13-21(26-23-19)15-24(20-7-4-3-5-8-20)25-16-18-11-9-17(14-22)10-12-18/h3-5,7-13H,2,6,15-16H2,1H3. The molecule has 0 radical (unpaired) electrons. The maximum atomic E-state index is 8.89. The van der Waals surface area contributed by atoms with Crippen LogP contribution in [-0.4, -0.2) is 5.16 Å². The number of para-hydroxylation sites is 1. The van der Waals surface area contributed by atoms with E-state index in [0.717, 1.165) is 35.5 Å². The largest absolute Gasteiger partial charge is 0.359 e. The predicted molar refractivity (Wildman–Crippen MR) is 99.1 cm³/mol. The molecule has 2 aromatic carbocycles. The average molecular weight is 347 g/mol. The van der Waals surface area contributed by atoms with Crippen LogP contribution in [0, 0.1) is 11.3 Å². The van der Waals surface area contributed by atoms with Crippen LogP contribution in [0.3, 0.4) is 0 Å². The molecule has 132 valence electrons. The van der Waals surface area contributed by atoms with Gasteiger partial charge in [-0.15, -0.1) is 0 Å². The first-order valence-electron chi connectivity index (χ1n) is 8.67. The monoisotopic (exact) mass is 347 g/mol. The molecule has 5 nitrogen and oxygen atoms in total. The van der Waals surface area contributed by atoms with Crippen LogP contribution in [0.5, 0.6) is 0 Å². The molecule has 1 heterocycles. The third kappa shape index (κ3) is 4.71. The molecule has 0 bridgehead atoms. The van der Waals surface area contributed by atoms with Crippen LogP contribution >= 0.6 is 0 Å². The molecule has 0 spiro atoms. The van der Waals surface area contributed by atoms with Gasteiger partial charge in [-0.1, -0.05) is 48.8 Å². The van der Waals surface area contributed by atoms with Gasteiger partial charge in [-0.05, 0) is 36.2 Å². The first-order valence-corrected chi connectivity index (χ1v) is 8.67. The zero-order chi connectivity index (χ0) is 18.2. The van der Waals surface area contributed by atoms with Crippen LogP contribution in [0.4, 0.5) is 5.69 Å². The minimum absolute atomic E-state index is 0.399. The van der Waals surface area contributed by atoms with Gasteiger partial charge in [0.05, 0.1) is 29.6 Å². The highest BCUT2D eigenvalue weighted by atomic mass is 16.7. The van der Waals surface area contributed by atoms with E-state index in [1.807, 2.05) is 48.5 Å². The normalized spacial score (nSPS) is 10.5. The Morgan fingerprint density at radius 2 is 1.88 bits per heavy atom. The van der Waals surface area contributed by atoms with Crippen LogP contribution in [0.1, 0.15) is 35.9 Å². The zero-order valence-electron chi connectivity index (χ0n) is 14.8. The molecule has 0 atom stereocenters.